The summed E-state index contributed by atoms with van der Waals surface area (Å²) in [7, 11) is 0. The third-order valence-electron chi connectivity index (χ3n) is 6.17. The molecule has 0 saturated heterocycles. The fourth-order valence-electron chi connectivity index (χ4n) is 4.23. The number of thiocarbonyl (C=S) groups is 1. The van der Waals surface area contributed by atoms with Gasteiger partial charge in [0.05, 0.1) is 6.61 Å². The van der Waals surface area contributed by atoms with Crippen molar-refractivity contribution in [1.29, 1.82) is 0 Å². The fraction of sp³-hybridized carbons (Fsp3) is 0.276. The number of ether oxygens (including phenoxy) is 1. The van der Waals surface area contributed by atoms with Gasteiger partial charge in [-0.15, -0.1) is 0 Å². The minimum atomic E-state index is -0.325. The van der Waals surface area contributed by atoms with E-state index in [4.69, 9.17) is 17.0 Å². The molecule has 186 valence electrons. The molecule has 0 unspecified atom stereocenters. The van der Waals surface area contributed by atoms with E-state index in [1.165, 1.54) is 12.0 Å². The number of rotatable bonds is 8. The summed E-state index contributed by atoms with van der Waals surface area (Å²) >= 11 is 5.31. The minimum Gasteiger partial charge on any atom is -0.493 e. The van der Waals surface area contributed by atoms with Crippen molar-refractivity contribution in [1.82, 2.24) is 10.6 Å². The third kappa shape index (κ3) is 7.65. The molecule has 0 aliphatic heterocycles. The van der Waals surface area contributed by atoms with E-state index in [-0.39, 0.29) is 23.0 Å². The number of carbonyl (C=O) groups is 2. The monoisotopic (exact) mass is 501 g/mol. The summed E-state index contributed by atoms with van der Waals surface area (Å²) in [6.45, 7) is 0.557. The van der Waals surface area contributed by atoms with E-state index in [0.717, 1.165) is 32.1 Å². The maximum Gasteiger partial charge on any atom is 0.257 e. The van der Waals surface area contributed by atoms with Crippen molar-refractivity contribution in [3.63, 3.8) is 0 Å². The van der Waals surface area contributed by atoms with E-state index in [0.29, 0.717) is 29.2 Å². The van der Waals surface area contributed by atoms with Crippen LogP contribution in [0.15, 0.2) is 78.9 Å². The highest BCUT2D eigenvalue weighted by atomic mass is 32.1. The van der Waals surface area contributed by atoms with Gasteiger partial charge in [-0.1, -0.05) is 55.7 Å². The van der Waals surface area contributed by atoms with Crippen LogP contribution < -0.4 is 20.7 Å². The highest BCUT2D eigenvalue weighted by Crippen LogP contribution is 2.19. The molecular weight excluding hydrogens is 470 g/mol. The van der Waals surface area contributed by atoms with E-state index < -0.39 is 0 Å². The first-order valence-corrected chi connectivity index (χ1v) is 12.8. The second-order valence-electron chi connectivity index (χ2n) is 8.91. The molecule has 1 saturated carbocycles. The molecule has 0 spiro atoms. The Balaban J connectivity index is 1.24. The van der Waals surface area contributed by atoms with E-state index in [1.807, 2.05) is 18.2 Å². The summed E-state index contributed by atoms with van der Waals surface area (Å²) in [5.41, 5.74) is 2.88. The van der Waals surface area contributed by atoms with Crippen LogP contribution in [-0.2, 0) is 6.42 Å². The zero-order valence-corrected chi connectivity index (χ0v) is 21.0. The maximum atomic E-state index is 12.6. The highest BCUT2D eigenvalue weighted by Gasteiger charge is 2.17. The lowest BCUT2D eigenvalue weighted by Gasteiger charge is -2.22. The molecular formula is C29H31N3O3S. The predicted molar refractivity (Wildman–Crippen MR) is 147 cm³/mol. The highest BCUT2D eigenvalue weighted by molar-refractivity contribution is 7.80. The van der Waals surface area contributed by atoms with Crippen LogP contribution in [0.2, 0.25) is 0 Å². The number of amides is 2. The number of hydrogen-bond donors (Lipinski definition) is 3. The van der Waals surface area contributed by atoms with Crippen LogP contribution in [0.1, 0.15) is 58.4 Å². The zero-order chi connectivity index (χ0) is 25.2. The molecule has 1 aliphatic rings. The van der Waals surface area contributed by atoms with Gasteiger partial charge in [-0.05, 0) is 73.1 Å². The van der Waals surface area contributed by atoms with Crippen molar-refractivity contribution in [2.24, 2.45) is 0 Å². The largest absolute Gasteiger partial charge is 0.493 e. The molecule has 0 heterocycles. The lowest BCUT2D eigenvalue weighted by molar-refractivity contribution is 0.0926. The SMILES string of the molecule is O=C(NC(=S)Nc1cccc(C(=O)NC2CCCCC2)c1)c1ccc(OCCc2ccccc2)cc1. The summed E-state index contributed by atoms with van der Waals surface area (Å²) < 4.78 is 5.78. The van der Waals surface area contributed by atoms with Crippen molar-refractivity contribution in [2.45, 2.75) is 44.6 Å². The summed E-state index contributed by atoms with van der Waals surface area (Å²) in [5, 5.41) is 8.95. The first-order chi connectivity index (χ1) is 17.6. The summed E-state index contributed by atoms with van der Waals surface area (Å²) in [5.74, 6) is 0.285. The van der Waals surface area contributed by atoms with Gasteiger partial charge in [-0.2, -0.15) is 0 Å². The molecule has 36 heavy (non-hydrogen) atoms. The zero-order valence-electron chi connectivity index (χ0n) is 20.2. The van der Waals surface area contributed by atoms with E-state index in [1.54, 1.807) is 48.5 Å². The average molecular weight is 502 g/mol. The molecule has 1 fully saturated rings. The first-order valence-electron chi connectivity index (χ1n) is 12.4. The van der Waals surface area contributed by atoms with Gasteiger partial charge in [0.15, 0.2) is 5.11 Å². The molecule has 7 heteroatoms. The lowest BCUT2D eigenvalue weighted by Crippen LogP contribution is -2.36. The van der Waals surface area contributed by atoms with E-state index in [2.05, 4.69) is 28.1 Å². The van der Waals surface area contributed by atoms with Crippen molar-refractivity contribution in [3.05, 3.63) is 95.6 Å². The van der Waals surface area contributed by atoms with Crippen molar-refractivity contribution >= 4 is 34.8 Å². The molecule has 0 atom stereocenters. The summed E-state index contributed by atoms with van der Waals surface area (Å²) in [4.78, 5) is 25.2. The van der Waals surface area contributed by atoms with E-state index >= 15 is 0 Å². The molecule has 0 aromatic heterocycles. The van der Waals surface area contributed by atoms with Crippen LogP contribution in [-0.4, -0.2) is 29.6 Å². The number of nitrogens with one attached hydrogen (secondary N) is 3. The van der Waals surface area contributed by atoms with Crippen LogP contribution in [0.3, 0.4) is 0 Å². The van der Waals surface area contributed by atoms with Gasteiger partial charge in [-0.3, -0.25) is 14.9 Å². The smallest absolute Gasteiger partial charge is 0.257 e. The standard InChI is InChI=1S/C29H31N3O3S/c33-27(22-14-16-26(17-15-22)35-19-18-21-8-3-1-4-9-21)32-29(36)31-25-13-7-10-23(20-25)28(34)30-24-11-5-2-6-12-24/h1,3-4,7-10,13-17,20,24H,2,5-6,11-12,18-19H2,(H,30,34)(H2,31,32,33,36). The topological polar surface area (TPSA) is 79.5 Å². The Bertz CT molecular complexity index is 1180. The Morgan fingerprint density at radius 1 is 0.833 bits per heavy atom. The first kappa shape index (κ1) is 25.4. The molecule has 1 aliphatic carbocycles. The Morgan fingerprint density at radius 3 is 2.33 bits per heavy atom. The molecule has 3 aromatic carbocycles. The van der Waals surface area contributed by atoms with Crippen LogP contribution in [0.25, 0.3) is 0 Å². The second-order valence-corrected chi connectivity index (χ2v) is 9.31. The van der Waals surface area contributed by atoms with Gasteiger partial charge in [0.1, 0.15) is 5.75 Å². The minimum absolute atomic E-state index is 0.0911. The summed E-state index contributed by atoms with van der Waals surface area (Å²) in [6.07, 6.45) is 6.42. The predicted octanol–water partition coefficient (Wildman–Crippen LogP) is 5.50. The molecule has 4 rings (SSSR count). The number of anilines is 1. The van der Waals surface area contributed by atoms with Gasteiger partial charge in [0.25, 0.3) is 11.8 Å². The van der Waals surface area contributed by atoms with Crippen LogP contribution in [0, 0.1) is 0 Å². The Kier molecular flexibility index (Phi) is 9.05. The maximum absolute atomic E-state index is 12.6. The molecule has 0 radical (unpaired) electrons. The molecule has 0 bridgehead atoms. The second kappa shape index (κ2) is 12.8. The normalized spacial score (nSPS) is 13.4. The van der Waals surface area contributed by atoms with Gasteiger partial charge < -0.3 is 15.4 Å². The van der Waals surface area contributed by atoms with Crippen LogP contribution >= 0.6 is 12.2 Å². The third-order valence-corrected chi connectivity index (χ3v) is 6.37. The molecule has 3 N–H and O–H groups in total. The summed E-state index contributed by atoms with van der Waals surface area (Å²) in [6, 6.07) is 24.4. The Labute approximate surface area is 217 Å². The van der Waals surface area contributed by atoms with Gasteiger partial charge in [0, 0.05) is 29.3 Å². The molecule has 2 amide bonds. The van der Waals surface area contributed by atoms with Gasteiger partial charge in [0.2, 0.25) is 0 Å². The number of carbonyl (C=O) groups excluding carboxylic acids is 2. The Morgan fingerprint density at radius 2 is 1.58 bits per heavy atom. The molecule has 6 nitrogen and oxygen atoms in total. The van der Waals surface area contributed by atoms with Crippen molar-refractivity contribution in [2.75, 3.05) is 11.9 Å². The number of hydrogen-bond acceptors (Lipinski definition) is 4. The fourth-order valence-corrected chi connectivity index (χ4v) is 4.44. The van der Waals surface area contributed by atoms with Gasteiger partial charge in [-0.25, -0.2) is 0 Å². The average Bonchev–Trinajstić information content (AvgIpc) is 2.90. The molecule has 3 aromatic rings. The van der Waals surface area contributed by atoms with Crippen molar-refractivity contribution in [3.8, 4) is 5.75 Å². The van der Waals surface area contributed by atoms with Crippen LogP contribution in [0.5, 0.6) is 5.75 Å². The quantitative estimate of drug-likeness (QED) is 0.355. The van der Waals surface area contributed by atoms with Gasteiger partial charge >= 0.3 is 0 Å². The Hall–Kier alpha value is -3.71. The lowest BCUT2D eigenvalue weighted by atomic mass is 9.95. The number of benzene rings is 3. The van der Waals surface area contributed by atoms with Crippen LogP contribution in [0.4, 0.5) is 5.69 Å². The van der Waals surface area contributed by atoms with Crippen molar-refractivity contribution < 1.29 is 14.3 Å². The van der Waals surface area contributed by atoms with E-state index in [9.17, 15) is 9.59 Å².